The zero-order valence-electron chi connectivity index (χ0n) is 12.3. The first-order valence-corrected chi connectivity index (χ1v) is 6.93. The highest BCUT2D eigenvalue weighted by Gasteiger charge is 2.38. The van der Waals surface area contributed by atoms with Crippen LogP contribution >= 0.6 is 0 Å². The minimum absolute atomic E-state index is 0.0933. The van der Waals surface area contributed by atoms with Gasteiger partial charge < -0.3 is 5.11 Å². The molecule has 2 unspecified atom stereocenters. The summed E-state index contributed by atoms with van der Waals surface area (Å²) < 4.78 is 0. The summed E-state index contributed by atoms with van der Waals surface area (Å²) in [6, 6.07) is -0.222. The van der Waals surface area contributed by atoms with Gasteiger partial charge >= 0.3 is 6.09 Å². The number of nitrogens with zero attached hydrogens (tertiary/aromatic N) is 1. The Morgan fingerprint density at radius 1 is 1.16 bits per heavy atom. The number of amides is 1. The number of ketones is 1. The van der Waals surface area contributed by atoms with Crippen LogP contribution in [-0.4, -0.2) is 33.5 Å². The van der Waals surface area contributed by atoms with Gasteiger partial charge in [0.25, 0.3) is 0 Å². The lowest BCUT2D eigenvalue weighted by molar-refractivity contribution is -0.123. The Kier molecular flexibility index (Phi) is 5.15. The van der Waals surface area contributed by atoms with Crippen LogP contribution < -0.4 is 0 Å². The van der Waals surface area contributed by atoms with Gasteiger partial charge in [0.15, 0.2) is 0 Å². The van der Waals surface area contributed by atoms with Crippen molar-refractivity contribution in [1.29, 1.82) is 0 Å². The van der Waals surface area contributed by atoms with Crippen LogP contribution in [0, 0.1) is 5.92 Å². The monoisotopic (exact) mass is 267 g/mol. The fraction of sp³-hybridized carbons (Fsp3) is 0.733. The SMILES string of the molecule is CC(=O)C1CCC=CCCC1N(C(=O)O)C(C)(C)C. The molecule has 1 amide bonds. The first-order chi connectivity index (χ1) is 8.75. The van der Waals surface area contributed by atoms with Crippen molar-refractivity contribution in [2.75, 3.05) is 0 Å². The van der Waals surface area contributed by atoms with Gasteiger partial charge in [-0.15, -0.1) is 0 Å². The zero-order valence-corrected chi connectivity index (χ0v) is 12.3. The molecule has 2 atom stereocenters. The van der Waals surface area contributed by atoms with E-state index in [1.807, 2.05) is 20.8 Å². The van der Waals surface area contributed by atoms with E-state index in [1.165, 1.54) is 4.90 Å². The molecule has 0 saturated heterocycles. The zero-order chi connectivity index (χ0) is 14.6. The number of rotatable bonds is 2. The number of Topliss-reactive ketones (excluding diaryl/α,β-unsaturated/α-hetero) is 1. The van der Waals surface area contributed by atoms with E-state index in [0.29, 0.717) is 6.42 Å². The Morgan fingerprint density at radius 3 is 2.11 bits per heavy atom. The third kappa shape index (κ3) is 4.08. The summed E-state index contributed by atoms with van der Waals surface area (Å²) in [5, 5.41) is 9.52. The minimum Gasteiger partial charge on any atom is -0.465 e. The molecule has 108 valence electrons. The van der Waals surface area contributed by atoms with Crippen LogP contribution in [0.1, 0.15) is 53.4 Å². The molecule has 1 rings (SSSR count). The van der Waals surface area contributed by atoms with E-state index in [0.717, 1.165) is 19.3 Å². The summed E-state index contributed by atoms with van der Waals surface area (Å²) in [5.74, 6) is -0.101. The van der Waals surface area contributed by atoms with E-state index < -0.39 is 11.6 Å². The molecule has 0 aliphatic heterocycles. The average Bonchev–Trinajstić information content (AvgIpc) is 2.18. The lowest BCUT2D eigenvalue weighted by Gasteiger charge is -2.43. The highest BCUT2D eigenvalue weighted by atomic mass is 16.4. The molecule has 0 spiro atoms. The number of allylic oxidation sites excluding steroid dienone is 2. The molecular weight excluding hydrogens is 242 g/mol. The van der Waals surface area contributed by atoms with Crippen LogP contribution in [0.4, 0.5) is 4.79 Å². The molecule has 0 heterocycles. The van der Waals surface area contributed by atoms with Crippen LogP contribution in [-0.2, 0) is 4.79 Å². The molecule has 0 radical (unpaired) electrons. The molecule has 4 heteroatoms. The fourth-order valence-corrected chi connectivity index (χ4v) is 2.88. The van der Waals surface area contributed by atoms with E-state index in [2.05, 4.69) is 12.2 Å². The summed E-state index contributed by atoms with van der Waals surface area (Å²) >= 11 is 0. The lowest BCUT2D eigenvalue weighted by Crippen LogP contribution is -2.55. The van der Waals surface area contributed by atoms with Crippen LogP contribution in [0.25, 0.3) is 0 Å². The summed E-state index contributed by atoms with van der Waals surface area (Å²) in [7, 11) is 0. The Balaban J connectivity index is 3.10. The molecular formula is C15H25NO3. The summed E-state index contributed by atoms with van der Waals surface area (Å²) in [4.78, 5) is 25.0. The standard InChI is InChI=1S/C15H25NO3/c1-11(17)12-9-7-5-6-8-10-13(12)16(14(18)19)15(2,3)4/h5-6,12-13H,7-10H2,1-4H3,(H,18,19). The van der Waals surface area contributed by atoms with Crippen molar-refractivity contribution < 1.29 is 14.7 Å². The average molecular weight is 267 g/mol. The molecule has 4 nitrogen and oxygen atoms in total. The number of hydrogen-bond donors (Lipinski definition) is 1. The predicted molar refractivity (Wildman–Crippen MR) is 75.2 cm³/mol. The quantitative estimate of drug-likeness (QED) is 0.779. The maximum absolute atomic E-state index is 11.9. The van der Waals surface area contributed by atoms with Crippen molar-refractivity contribution in [3.63, 3.8) is 0 Å². The first-order valence-electron chi connectivity index (χ1n) is 6.93. The Labute approximate surface area is 115 Å². The molecule has 0 aromatic carbocycles. The molecule has 19 heavy (non-hydrogen) atoms. The second-order valence-electron chi connectivity index (χ2n) is 6.23. The largest absolute Gasteiger partial charge is 0.465 e. The third-order valence-electron chi connectivity index (χ3n) is 3.69. The molecule has 0 aromatic rings. The Bertz CT molecular complexity index is 368. The molecule has 1 N–H and O–H groups in total. The smallest absolute Gasteiger partial charge is 0.408 e. The van der Waals surface area contributed by atoms with E-state index in [9.17, 15) is 14.7 Å². The van der Waals surface area contributed by atoms with Gasteiger partial charge in [-0.2, -0.15) is 0 Å². The van der Waals surface area contributed by atoms with Crippen LogP contribution in [0.3, 0.4) is 0 Å². The van der Waals surface area contributed by atoms with Gasteiger partial charge in [-0.25, -0.2) is 4.79 Å². The van der Waals surface area contributed by atoms with Crippen molar-refractivity contribution in [3.05, 3.63) is 12.2 Å². The van der Waals surface area contributed by atoms with Gasteiger partial charge in [-0.05, 0) is 53.4 Å². The summed E-state index contributed by atoms with van der Waals surface area (Å²) in [6.45, 7) is 7.22. The second kappa shape index (κ2) is 6.22. The third-order valence-corrected chi connectivity index (χ3v) is 3.69. The highest BCUT2D eigenvalue weighted by molar-refractivity contribution is 5.80. The van der Waals surface area contributed by atoms with Gasteiger partial charge in [0.05, 0.1) is 0 Å². The van der Waals surface area contributed by atoms with E-state index in [1.54, 1.807) is 6.92 Å². The van der Waals surface area contributed by atoms with Crippen LogP contribution in [0.15, 0.2) is 12.2 Å². The first kappa shape index (κ1) is 15.7. The van der Waals surface area contributed by atoms with Crippen LogP contribution in [0.5, 0.6) is 0 Å². The molecule has 0 bridgehead atoms. The maximum Gasteiger partial charge on any atom is 0.408 e. The molecule has 0 saturated carbocycles. The summed E-state index contributed by atoms with van der Waals surface area (Å²) in [5.41, 5.74) is -0.493. The number of carbonyl (C=O) groups is 2. The van der Waals surface area contributed by atoms with Crippen molar-refractivity contribution in [2.45, 2.75) is 65.0 Å². The summed E-state index contributed by atoms with van der Waals surface area (Å²) in [6.07, 6.45) is 6.36. The van der Waals surface area contributed by atoms with Gasteiger partial charge in [0.2, 0.25) is 0 Å². The van der Waals surface area contributed by atoms with Crippen LogP contribution in [0.2, 0.25) is 0 Å². The van der Waals surface area contributed by atoms with Gasteiger partial charge in [0, 0.05) is 17.5 Å². The minimum atomic E-state index is -0.937. The van der Waals surface area contributed by atoms with Crippen molar-refractivity contribution in [2.24, 2.45) is 5.92 Å². The van der Waals surface area contributed by atoms with Crippen molar-refractivity contribution in [1.82, 2.24) is 4.90 Å². The lowest BCUT2D eigenvalue weighted by atomic mass is 9.83. The molecule has 1 aliphatic rings. The molecule has 0 aromatic heterocycles. The normalized spacial score (nSPS) is 24.4. The topological polar surface area (TPSA) is 57.6 Å². The second-order valence-corrected chi connectivity index (χ2v) is 6.23. The highest BCUT2D eigenvalue weighted by Crippen LogP contribution is 2.30. The van der Waals surface area contributed by atoms with E-state index in [-0.39, 0.29) is 17.7 Å². The maximum atomic E-state index is 11.9. The van der Waals surface area contributed by atoms with Gasteiger partial charge in [-0.1, -0.05) is 12.2 Å². The fourth-order valence-electron chi connectivity index (χ4n) is 2.88. The van der Waals surface area contributed by atoms with Crippen molar-refractivity contribution in [3.8, 4) is 0 Å². The van der Waals surface area contributed by atoms with Gasteiger partial charge in [-0.3, -0.25) is 9.69 Å². The van der Waals surface area contributed by atoms with Gasteiger partial charge in [0.1, 0.15) is 5.78 Å². The predicted octanol–water partition coefficient (Wildman–Crippen LogP) is 3.47. The molecule has 0 fully saturated rings. The Hall–Kier alpha value is -1.32. The Morgan fingerprint density at radius 2 is 1.68 bits per heavy atom. The number of hydrogen-bond acceptors (Lipinski definition) is 2. The van der Waals surface area contributed by atoms with E-state index in [4.69, 9.17) is 0 Å². The molecule has 1 aliphatic carbocycles. The number of carbonyl (C=O) groups excluding carboxylic acids is 1. The van der Waals surface area contributed by atoms with Crippen molar-refractivity contribution >= 4 is 11.9 Å². The van der Waals surface area contributed by atoms with E-state index >= 15 is 0 Å². The number of carboxylic acid groups (broad SMARTS) is 1.